The largest absolute Gasteiger partial charge is 0.383 e. The molecular formula is C21H15N7S. The third kappa shape index (κ3) is 2.39. The molecule has 0 bridgehead atoms. The van der Waals surface area contributed by atoms with Gasteiger partial charge in [-0.05, 0) is 35.7 Å². The zero-order valence-corrected chi connectivity index (χ0v) is 15.9. The van der Waals surface area contributed by atoms with Crippen molar-refractivity contribution >= 4 is 55.1 Å². The van der Waals surface area contributed by atoms with Crippen LogP contribution in [0.3, 0.4) is 0 Å². The number of hydrogen-bond donors (Lipinski definition) is 3. The molecule has 0 atom stereocenters. The van der Waals surface area contributed by atoms with Gasteiger partial charge >= 0.3 is 0 Å². The van der Waals surface area contributed by atoms with Crippen molar-refractivity contribution in [3.8, 4) is 16.1 Å². The van der Waals surface area contributed by atoms with Crippen LogP contribution in [0, 0.1) is 0 Å². The van der Waals surface area contributed by atoms with Gasteiger partial charge in [0, 0.05) is 32.4 Å². The average Bonchev–Trinajstić information content (AvgIpc) is 3.44. The van der Waals surface area contributed by atoms with Crippen LogP contribution in [-0.2, 0) is 0 Å². The lowest BCUT2D eigenvalue weighted by Gasteiger charge is -2.09. The van der Waals surface area contributed by atoms with Gasteiger partial charge in [-0.25, -0.2) is 0 Å². The molecule has 0 spiro atoms. The summed E-state index contributed by atoms with van der Waals surface area (Å²) in [6.45, 7) is 0. The molecule has 2 aromatic carbocycles. The number of nitrogens with one attached hydrogen (secondary N) is 1. The molecule has 0 amide bonds. The summed E-state index contributed by atoms with van der Waals surface area (Å²) in [6.07, 6.45) is 3.77. The van der Waals surface area contributed by atoms with E-state index in [9.17, 15) is 0 Å². The predicted octanol–water partition coefficient (Wildman–Crippen LogP) is 4.34. The number of anilines is 2. The van der Waals surface area contributed by atoms with Gasteiger partial charge in [0.2, 0.25) is 5.95 Å². The zero-order valence-electron chi connectivity index (χ0n) is 15.1. The highest BCUT2D eigenvalue weighted by Gasteiger charge is 2.15. The molecule has 5 N–H and O–H groups in total. The molecule has 7 nitrogen and oxygen atoms in total. The van der Waals surface area contributed by atoms with Crippen LogP contribution in [-0.4, -0.2) is 24.7 Å². The van der Waals surface area contributed by atoms with Gasteiger partial charge in [-0.2, -0.15) is 15.1 Å². The normalized spacial score (nSPS) is 11.7. The molecule has 0 aliphatic carbocycles. The van der Waals surface area contributed by atoms with Crippen LogP contribution in [0.25, 0.3) is 48.2 Å². The van der Waals surface area contributed by atoms with Crippen LogP contribution in [0.15, 0.2) is 60.9 Å². The van der Waals surface area contributed by atoms with Crippen molar-refractivity contribution in [2.45, 2.75) is 0 Å². The Labute approximate surface area is 168 Å². The van der Waals surface area contributed by atoms with E-state index >= 15 is 0 Å². The minimum absolute atomic E-state index is 0.157. The molecule has 4 heterocycles. The molecule has 140 valence electrons. The van der Waals surface area contributed by atoms with Gasteiger partial charge in [-0.3, -0.25) is 5.10 Å². The number of thiophene rings is 1. The van der Waals surface area contributed by atoms with Crippen molar-refractivity contribution in [3.63, 3.8) is 0 Å². The Morgan fingerprint density at radius 2 is 1.86 bits per heavy atom. The Balaban J connectivity index is 1.64. The van der Waals surface area contributed by atoms with Crippen LogP contribution < -0.4 is 11.5 Å². The number of fused-ring (bicyclic) bond motifs is 3. The summed E-state index contributed by atoms with van der Waals surface area (Å²) < 4.78 is 3.23. The van der Waals surface area contributed by atoms with E-state index in [4.69, 9.17) is 11.5 Å². The number of aromatic amines is 1. The first-order valence-electron chi connectivity index (χ1n) is 9.04. The molecule has 0 aliphatic heterocycles. The Kier molecular flexibility index (Phi) is 3.21. The molecule has 4 aromatic heterocycles. The summed E-state index contributed by atoms with van der Waals surface area (Å²) in [5, 5.41) is 10.4. The van der Waals surface area contributed by atoms with Crippen LogP contribution in [0.1, 0.15) is 0 Å². The van der Waals surface area contributed by atoms with Gasteiger partial charge in [-0.15, -0.1) is 11.3 Å². The van der Waals surface area contributed by atoms with Gasteiger partial charge in [-0.1, -0.05) is 18.2 Å². The second-order valence-electron chi connectivity index (χ2n) is 6.87. The Morgan fingerprint density at radius 3 is 2.76 bits per heavy atom. The lowest BCUT2D eigenvalue weighted by molar-refractivity contribution is 1.09. The topological polar surface area (TPSA) is 111 Å². The number of benzene rings is 2. The average molecular weight is 397 g/mol. The van der Waals surface area contributed by atoms with Crippen molar-refractivity contribution in [3.05, 3.63) is 60.9 Å². The lowest BCUT2D eigenvalue weighted by Crippen LogP contribution is -2.02. The fraction of sp³-hybridized carbons (Fsp3) is 0. The van der Waals surface area contributed by atoms with Gasteiger partial charge in [0.15, 0.2) is 5.65 Å². The highest BCUT2D eigenvalue weighted by Crippen LogP contribution is 2.38. The summed E-state index contributed by atoms with van der Waals surface area (Å²) in [7, 11) is 0. The standard InChI is InChI=1S/C21H15N7S/c22-19-14-5-6-28(20(14)26-21(23)25-19)13-7-12-10-24-27-18(12)15(9-13)17-8-11-3-1-2-4-16(11)29-17/h1-10H,(H,24,27)(H4,22,23,25,26). The van der Waals surface area contributed by atoms with E-state index in [1.807, 2.05) is 23.0 Å². The summed E-state index contributed by atoms with van der Waals surface area (Å²) in [6, 6.07) is 16.7. The first kappa shape index (κ1) is 16.1. The van der Waals surface area contributed by atoms with Gasteiger partial charge in [0.25, 0.3) is 0 Å². The van der Waals surface area contributed by atoms with Gasteiger partial charge in [0.05, 0.1) is 17.1 Å². The number of nitrogens with two attached hydrogens (primary N) is 2. The Morgan fingerprint density at radius 1 is 0.966 bits per heavy atom. The molecule has 0 unspecified atom stereocenters. The molecule has 0 fully saturated rings. The minimum Gasteiger partial charge on any atom is -0.383 e. The molecule has 0 radical (unpaired) electrons. The summed E-state index contributed by atoms with van der Waals surface area (Å²) >= 11 is 1.76. The van der Waals surface area contributed by atoms with E-state index in [-0.39, 0.29) is 5.95 Å². The van der Waals surface area contributed by atoms with E-state index in [1.165, 1.54) is 15.0 Å². The minimum atomic E-state index is 0.157. The summed E-state index contributed by atoms with van der Waals surface area (Å²) in [5.74, 6) is 0.532. The molecule has 0 saturated heterocycles. The van der Waals surface area contributed by atoms with Crippen LogP contribution in [0.2, 0.25) is 0 Å². The van der Waals surface area contributed by atoms with Crippen LogP contribution in [0.4, 0.5) is 11.8 Å². The first-order valence-corrected chi connectivity index (χ1v) is 9.85. The molecule has 8 heteroatoms. The van der Waals surface area contributed by atoms with E-state index in [1.54, 1.807) is 11.3 Å². The highest BCUT2D eigenvalue weighted by atomic mass is 32.1. The number of nitrogens with zero attached hydrogens (tertiary/aromatic N) is 4. The van der Waals surface area contributed by atoms with Crippen LogP contribution in [0.5, 0.6) is 0 Å². The third-order valence-electron chi connectivity index (χ3n) is 5.09. The summed E-state index contributed by atoms with van der Waals surface area (Å²) in [4.78, 5) is 9.64. The summed E-state index contributed by atoms with van der Waals surface area (Å²) in [5.41, 5.74) is 15.6. The monoisotopic (exact) mass is 397 g/mol. The first-order chi connectivity index (χ1) is 14.2. The molecule has 29 heavy (non-hydrogen) atoms. The molecule has 0 saturated carbocycles. The second kappa shape index (κ2) is 5.79. The lowest BCUT2D eigenvalue weighted by atomic mass is 10.1. The fourth-order valence-electron chi connectivity index (χ4n) is 3.75. The number of aromatic nitrogens is 5. The maximum absolute atomic E-state index is 6.03. The van der Waals surface area contributed by atoms with E-state index in [2.05, 4.69) is 62.6 Å². The Hall–Kier alpha value is -3.91. The SMILES string of the molecule is Nc1nc(N)c2ccn(-c3cc(-c4cc5ccccc5s4)c4[nH]ncc4c3)c2n1. The fourth-order valence-corrected chi connectivity index (χ4v) is 4.84. The van der Waals surface area contributed by atoms with E-state index in [0.29, 0.717) is 11.5 Å². The van der Waals surface area contributed by atoms with E-state index in [0.717, 1.165) is 27.5 Å². The maximum Gasteiger partial charge on any atom is 0.224 e. The van der Waals surface area contributed by atoms with Crippen molar-refractivity contribution in [1.29, 1.82) is 0 Å². The maximum atomic E-state index is 6.03. The number of hydrogen-bond acceptors (Lipinski definition) is 6. The predicted molar refractivity (Wildman–Crippen MR) is 118 cm³/mol. The number of rotatable bonds is 2. The van der Waals surface area contributed by atoms with E-state index < -0.39 is 0 Å². The van der Waals surface area contributed by atoms with Gasteiger partial charge < -0.3 is 16.0 Å². The van der Waals surface area contributed by atoms with Gasteiger partial charge in [0.1, 0.15) is 5.82 Å². The van der Waals surface area contributed by atoms with Crippen molar-refractivity contribution in [2.75, 3.05) is 11.5 Å². The van der Waals surface area contributed by atoms with Crippen LogP contribution >= 0.6 is 11.3 Å². The van der Waals surface area contributed by atoms with Crippen molar-refractivity contribution in [2.24, 2.45) is 0 Å². The molecular weight excluding hydrogens is 382 g/mol. The molecule has 6 aromatic rings. The third-order valence-corrected chi connectivity index (χ3v) is 6.24. The molecule has 6 rings (SSSR count). The van der Waals surface area contributed by atoms with Crippen molar-refractivity contribution in [1.82, 2.24) is 24.7 Å². The Bertz CT molecular complexity index is 1510. The smallest absolute Gasteiger partial charge is 0.224 e. The zero-order chi connectivity index (χ0) is 19.5. The molecule has 0 aliphatic rings. The highest BCUT2D eigenvalue weighted by molar-refractivity contribution is 7.22. The number of H-pyrrole nitrogens is 1. The van der Waals surface area contributed by atoms with Crippen molar-refractivity contribution < 1.29 is 0 Å². The quantitative estimate of drug-likeness (QED) is 0.402. The number of nitrogen functional groups attached to an aromatic ring is 2. The second-order valence-corrected chi connectivity index (χ2v) is 7.95.